The largest absolute Gasteiger partial charge is 0.508 e. The number of halogens is 5. The molecule has 8 rings (SSSR count). The Bertz CT molecular complexity index is 2370. The quantitative estimate of drug-likeness (QED) is 0.142. The summed E-state index contributed by atoms with van der Waals surface area (Å²) in [4.78, 5) is 63.7. The number of carbonyl (C=O) groups excluding carboxylic acids is 4. The maximum atomic E-state index is 15.3. The van der Waals surface area contributed by atoms with Gasteiger partial charge in [0.2, 0.25) is 11.8 Å². The van der Waals surface area contributed by atoms with Gasteiger partial charge in [0.15, 0.2) is 5.82 Å². The number of benzene rings is 3. The van der Waals surface area contributed by atoms with Crippen molar-refractivity contribution in [3.8, 4) is 11.5 Å². The summed E-state index contributed by atoms with van der Waals surface area (Å²) in [5.74, 6) is -7.62. The summed E-state index contributed by atoms with van der Waals surface area (Å²) in [5, 5.41) is 12.2. The highest BCUT2D eigenvalue weighted by Crippen LogP contribution is 2.65. The van der Waals surface area contributed by atoms with Crippen LogP contribution in [0.4, 0.5) is 24.7 Å². The Morgan fingerprint density at radius 2 is 1.68 bits per heavy atom. The number of hydrogen-bond donors (Lipinski definition) is 2. The number of nitrogens with one attached hydrogen (secondary N) is 1. The number of fused-ring (bicyclic) bond motifs is 4. The van der Waals surface area contributed by atoms with Crippen LogP contribution in [-0.4, -0.2) is 45.8 Å². The molecule has 0 bridgehead atoms. The average Bonchev–Trinajstić information content (AvgIpc) is 3.56. The number of phenolic OH excluding ortho intramolecular Hbond substituents is 1. The number of alkyl halides is 3. The lowest BCUT2D eigenvalue weighted by Gasteiger charge is -2.50. The Kier molecular flexibility index (Phi) is 9.00. The number of rotatable bonds is 7. The summed E-state index contributed by atoms with van der Waals surface area (Å²) in [6, 6.07) is 18.3. The fourth-order valence-electron chi connectivity index (χ4n) is 9.04. The van der Waals surface area contributed by atoms with Gasteiger partial charge in [0.05, 0.1) is 46.6 Å². The van der Waals surface area contributed by atoms with Gasteiger partial charge in [0, 0.05) is 28.8 Å². The van der Waals surface area contributed by atoms with E-state index in [1.165, 1.54) is 13.2 Å². The molecular formula is C41H31Cl2F3N4O6. The van der Waals surface area contributed by atoms with Crippen molar-refractivity contribution in [3.63, 3.8) is 0 Å². The van der Waals surface area contributed by atoms with Gasteiger partial charge in [-0.3, -0.25) is 29.5 Å². The Labute approximate surface area is 328 Å². The van der Waals surface area contributed by atoms with Crippen LogP contribution in [-0.2, 0) is 30.8 Å². The van der Waals surface area contributed by atoms with Crippen LogP contribution in [0.15, 0.2) is 97.2 Å². The number of ether oxygens (including phenoxy) is 1. The molecule has 6 unspecified atom stereocenters. The van der Waals surface area contributed by atoms with Gasteiger partial charge in [-0.05, 0) is 66.3 Å². The molecule has 3 heterocycles. The van der Waals surface area contributed by atoms with E-state index in [1.54, 1.807) is 66.7 Å². The van der Waals surface area contributed by atoms with E-state index >= 15 is 4.79 Å². The van der Waals surface area contributed by atoms with E-state index in [-0.39, 0.29) is 30.0 Å². The maximum absolute atomic E-state index is 15.3. The second-order valence-electron chi connectivity index (χ2n) is 14.2. The fourth-order valence-corrected chi connectivity index (χ4v) is 9.37. The zero-order valence-electron chi connectivity index (χ0n) is 29.4. The molecule has 4 aliphatic rings. The minimum atomic E-state index is -4.76. The molecule has 0 spiro atoms. The molecule has 2 saturated heterocycles. The number of imide groups is 2. The van der Waals surface area contributed by atoms with Gasteiger partial charge in [-0.15, -0.1) is 0 Å². The zero-order chi connectivity index (χ0) is 39.8. The number of anilines is 2. The van der Waals surface area contributed by atoms with E-state index in [9.17, 15) is 32.7 Å². The van der Waals surface area contributed by atoms with Crippen LogP contribution >= 0.6 is 23.2 Å². The highest BCUT2D eigenvalue weighted by atomic mass is 35.5. The first-order valence-corrected chi connectivity index (χ1v) is 18.3. The first-order valence-electron chi connectivity index (χ1n) is 17.5. The third kappa shape index (κ3) is 5.58. The Hall–Kier alpha value is -5.66. The number of hydrazine groups is 1. The van der Waals surface area contributed by atoms with E-state index in [2.05, 4.69) is 17.0 Å². The van der Waals surface area contributed by atoms with Crippen molar-refractivity contribution in [2.75, 3.05) is 17.4 Å². The van der Waals surface area contributed by atoms with Crippen molar-refractivity contribution in [2.24, 2.45) is 23.7 Å². The van der Waals surface area contributed by atoms with Crippen molar-refractivity contribution in [1.29, 1.82) is 0 Å². The first-order chi connectivity index (χ1) is 26.7. The molecular weight excluding hydrogens is 772 g/mol. The smallest absolute Gasteiger partial charge is 0.417 e. The Balaban J connectivity index is 1.31. The maximum Gasteiger partial charge on any atom is 0.417 e. The second-order valence-corrected chi connectivity index (χ2v) is 15.0. The normalized spacial score (nSPS) is 25.8. The van der Waals surface area contributed by atoms with E-state index in [4.69, 9.17) is 27.9 Å². The van der Waals surface area contributed by atoms with Gasteiger partial charge in [-0.2, -0.15) is 18.2 Å². The number of hydrogen-bond acceptors (Lipinski definition) is 8. The number of amides is 4. The minimum absolute atomic E-state index is 0.0811. The molecule has 1 aromatic heterocycles. The van der Waals surface area contributed by atoms with E-state index in [0.717, 1.165) is 10.5 Å². The van der Waals surface area contributed by atoms with Crippen LogP contribution in [0.25, 0.3) is 6.08 Å². The molecule has 0 radical (unpaired) electrons. The summed E-state index contributed by atoms with van der Waals surface area (Å²) in [6.07, 6.45) is -0.726. The fraction of sp³-hybridized carbons (Fsp3) is 0.244. The van der Waals surface area contributed by atoms with Crippen LogP contribution in [0, 0.1) is 23.7 Å². The van der Waals surface area contributed by atoms with Crippen molar-refractivity contribution < 1.29 is 42.2 Å². The first kappa shape index (κ1) is 37.3. The molecule has 6 atom stereocenters. The summed E-state index contributed by atoms with van der Waals surface area (Å²) in [7, 11) is 1.42. The number of aromatic hydroxyl groups is 1. The molecule has 3 aromatic carbocycles. The summed E-state index contributed by atoms with van der Waals surface area (Å²) < 4.78 is 45.8. The van der Waals surface area contributed by atoms with E-state index in [0.29, 0.717) is 44.9 Å². The van der Waals surface area contributed by atoms with Gasteiger partial charge in [-0.25, -0.2) is 4.98 Å². The average molecular weight is 804 g/mol. The predicted octanol–water partition coefficient (Wildman–Crippen LogP) is 7.95. The lowest BCUT2D eigenvalue weighted by atomic mass is 9.49. The number of pyridine rings is 1. The lowest BCUT2D eigenvalue weighted by Crippen LogP contribution is -2.53. The monoisotopic (exact) mass is 802 g/mol. The molecule has 10 nitrogen and oxygen atoms in total. The molecule has 286 valence electrons. The second kappa shape index (κ2) is 13.5. The summed E-state index contributed by atoms with van der Waals surface area (Å²) in [5.41, 5.74) is 1.96. The lowest BCUT2D eigenvalue weighted by molar-refractivity contribution is -0.139. The molecule has 4 aromatic rings. The van der Waals surface area contributed by atoms with Crippen molar-refractivity contribution >= 4 is 64.4 Å². The standard InChI is InChI=1S/C41H31Cl2F3N4O6/c1-3-20-4-10-24(11-5-20)49-36(52)28-15-14-26-29(33(28)38(49)54)18-30-37(53)50(48-35-31(43)16-22(19-47-35)41(44,45)46)39(55)40(30,21-6-8-23(42)9-7-21)34(26)27-13-12-25(56-2)17-32(27)51/h3-14,16-17,19,28-30,33-34,51H,1,15,18H2,2H3,(H,47,48). The van der Waals surface area contributed by atoms with Gasteiger partial charge < -0.3 is 9.84 Å². The summed E-state index contributed by atoms with van der Waals surface area (Å²) >= 11 is 12.6. The highest BCUT2D eigenvalue weighted by molar-refractivity contribution is 6.33. The molecule has 2 N–H and O–H groups in total. The SMILES string of the molecule is C=Cc1ccc(N2C(=O)C3CC=C4C(CC5C(=O)N(Nc6ncc(C(F)(F)F)cc6Cl)C(=O)C5(c5ccc(Cl)cc5)C4c4ccc(OC)cc4O)C3C2=O)cc1. The van der Waals surface area contributed by atoms with Gasteiger partial charge >= 0.3 is 6.18 Å². The van der Waals surface area contributed by atoms with Crippen molar-refractivity contribution in [1.82, 2.24) is 9.99 Å². The van der Waals surface area contributed by atoms with Crippen LogP contribution in [0.2, 0.25) is 10.0 Å². The van der Waals surface area contributed by atoms with Crippen molar-refractivity contribution in [3.05, 3.63) is 130 Å². The molecule has 2 aliphatic heterocycles. The number of carbonyl (C=O) groups is 4. The number of nitrogens with zero attached hydrogens (tertiary/aromatic N) is 3. The molecule has 4 amide bonds. The number of aromatic nitrogens is 1. The Morgan fingerprint density at radius 3 is 2.30 bits per heavy atom. The van der Waals surface area contributed by atoms with Crippen LogP contribution in [0.3, 0.4) is 0 Å². The predicted molar refractivity (Wildman–Crippen MR) is 201 cm³/mol. The van der Waals surface area contributed by atoms with E-state index < -0.39 is 75.4 Å². The number of phenols is 1. The van der Waals surface area contributed by atoms with Gasteiger partial charge in [-0.1, -0.05) is 77.8 Å². The van der Waals surface area contributed by atoms with Crippen LogP contribution in [0.5, 0.6) is 11.5 Å². The summed E-state index contributed by atoms with van der Waals surface area (Å²) in [6.45, 7) is 3.76. The molecule has 2 aliphatic carbocycles. The van der Waals surface area contributed by atoms with Crippen LogP contribution in [0.1, 0.15) is 41.0 Å². The third-order valence-electron chi connectivity index (χ3n) is 11.5. The number of allylic oxidation sites excluding steroid dienone is 2. The number of methoxy groups -OCH3 is 1. The topological polar surface area (TPSA) is 129 Å². The van der Waals surface area contributed by atoms with Crippen LogP contribution < -0.4 is 15.1 Å². The molecule has 15 heteroatoms. The zero-order valence-corrected chi connectivity index (χ0v) is 30.9. The van der Waals surface area contributed by atoms with E-state index in [1.807, 2.05) is 6.08 Å². The molecule has 3 fully saturated rings. The highest BCUT2D eigenvalue weighted by Gasteiger charge is 2.70. The molecule has 56 heavy (non-hydrogen) atoms. The minimum Gasteiger partial charge on any atom is -0.508 e. The van der Waals surface area contributed by atoms with Gasteiger partial charge in [0.1, 0.15) is 11.5 Å². The molecule has 1 saturated carbocycles. The Morgan fingerprint density at radius 1 is 0.964 bits per heavy atom. The van der Waals surface area contributed by atoms with Gasteiger partial charge in [0.25, 0.3) is 11.8 Å². The third-order valence-corrected chi connectivity index (χ3v) is 12.0. The van der Waals surface area contributed by atoms with Crippen molar-refractivity contribution in [2.45, 2.75) is 30.4 Å².